The summed E-state index contributed by atoms with van der Waals surface area (Å²) >= 11 is 3.34. The smallest absolute Gasteiger partial charge is 0.223 e. The molecule has 0 saturated heterocycles. The van der Waals surface area contributed by atoms with Gasteiger partial charge in [-0.05, 0) is 53.4 Å². The fourth-order valence-electron chi connectivity index (χ4n) is 1.78. The van der Waals surface area contributed by atoms with Gasteiger partial charge in [0.1, 0.15) is 16.2 Å². The first-order chi connectivity index (χ1) is 9.17. The molecule has 0 saturated carbocycles. The van der Waals surface area contributed by atoms with Crippen molar-refractivity contribution in [1.29, 1.82) is 0 Å². The van der Waals surface area contributed by atoms with Gasteiger partial charge in [0.2, 0.25) is 5.88 Å². The minimum Gasteiger partial charge on any atom is -0.439 e. The van der Waals surface area contributed by atoms with Crippen LogP contribution in [-0.4, -0.2) is 9.97 Å². The van der Waals surface area contributed by atoms with Crippen LogP contribution in [0.4, 0.5) is 0 Å². The molecule has 3 nitrogen and oxygen atoms in total. The average Bonchev–Trinajstić information content (AvgIpc) is 2.37. The molecule has 0 atom stereocenters. The van der Waals surface area contributed by atoms with Crippen LogP contribution in [0.15, 0.2) is 34.9 Å². The van der Waals surface area contributed by atoms with Crippen LogP contribution in [0.2, 0.25) is 0 Å². The Kier molecular flexibility index (Phi) is 4.91. The molecule has 0 fully saturated rings. The molecular weight excluding hydrogens is 304 g/mol. The van der Waals surface area contributed by atoms with Crippen molar-refractivity contribution < 1.29 is 4.74 Å². The largest absolute Gasteiger partial charge is 0.439 e. The van der Waals surface area contributed by atoms with Crippen LogP contribution in [0.25, 0.3) is 0 Å². The highest BCUT2D eigenvalue weighted by molar-refractivity contribution is 9.10. The number of unbranched alkanes of at least 4 members (excludes halogenated alkanes) is 1. The van der Waals surface area contributed by atoms with Gasteiger partial charge in [-0.3, -0.25) is 0 Å². The van der Waals surface area contributed by atoms with Crippen molar-refractivity contribution in [1.82, 2.24) is 9.97 Å². The maximum atomic E-state index is 5.72. The Balaban J connectivity index is 2.06. The highest BCUT2D eigenvalue weighted by atomic mass is 79.9. The van der Waals surface area contributed by atoms with Gasteiger partial charge < -0.3 is 4.74 Å². The average molecular weight is 321 g/mol. The van der Waals surface area contributed by atoms with E-state index in [9.17, 15) is 0 Å². The molecule has 1 heterocycles. The lowest BCUT2D eigenvalue weighted by atomic mass is 10.1. The third-order valence-corrected chi connectivity index (χ3v) is 3.15. The van der Waals surface area contributed by atoms with E-state index in [1.54, 1.807) is 6.07 Å². The van der Waals surface area contributed by atoms with Gasteiger partial charge in [-0.2, -0.15) is 4.98 Å². The number of benzene rings is 1. The Morgan fingerprint density at radius 3 is 2.53 bits per heavy atom. The van der Waals surface area contributed by atoms with Crippen LogP contribution < -0.4 is 4.74 Å². The molecule has 100 valence electrons. The molecule has 0 aliphatic carbocycles. The molecule has 0 aliphatic heterocycles. The number of hydrogen-bond acceptors (Lipinski definition) is 3. The first-order valence-corrected chi connectivity index (χ1v) is 7.24. The predicted molar refractivity (Wildman–Crippen MR) is 79.6 cm³/mol. The van der Waals surface area contributed by atoms with E-state index >= 15 is 0 Å². The molecule has 0 unspecified atom stereocenters. The zero-order valence-corrected chi connectivity index (χ0v) is 12.8. The third kappa shape index (κ3) is 4.31. The summed E-state index contributed by atoms with van der Waals surface area (Å²) in [5, 5.41) is 0. The standard InChI is InChI=1S/C15H17BrN2O/c1-3-4-5-12-6-8-13(9-7-12)19-15-10-14(16)17-11(2)18-15/h6-10H,3-5H2,1-2H3. The van der Waals surface area contributed by atoms with Crippen LogP contribution in [0.5, 0.6) is 11.6 Å². The number of aromatic nitrogens is 2. The Morgan fingerprint density at radius 1 is 1.16 bits per heavy atom. The summed E-state index contributed by atoms with van der Waals surface area (Å²) in [5.74, 6) is 2.04. The molecule has 2 aromatic rings. The summed E-state index contributed by atoms with van der Waals surface area (Å²) in [6.07, 6.45) is 3.56. The fourth-order valence-corrected chi connectivity index (χ4v) is 2.24. The normalized spacial score (nSPS) is 10.5. The van der Waals surface area contributed by atoms with Crippen molar-refractivity contribution in [2.24, 2.45) is 0 Å². The van der Waals surface area contributed by atoms with Gasteiger partial charge >= 0.3 is 0 Å². The number of hydrogen-bond donors (Lipinski definition) is 0. The number of halogens is 1. The molecule has 0 N–H and O–H groups in total. The molecule has 0 aliphatic rings. The Bertz CT molecular complexity index is 520. The van der Waals surface area contributed by atoms with Crippen LogP contribution >= 0.6 is 15.9 Å². The monoisotopic (exact) mass is 320 g/mol. The van der Waals surface area contributed by atoms with E-state index in [1.165, 1.54) is 18.4 Å². The highest BCUT2D eigenvalue weighted by Gasteiger charge is 2.02. The second-order valence-corrected chi connectivity index (χ2v) is 5.24. The molecular formula is C15H17BrN2O. The zero-order valence-electron chi connectivity index (χ0n) is 11.2. The van der Waals surface area contributed by atoms with E-state index < -0.39 is 0 Å². The van der Waals surface area contributed by atoms with Crippen LogP contribution in [-0.2, 0) is 6.42 Å². The van der Waals surface area contributed by atoms with Crippen molar-refractivity contribution in [3.63, 3.8) is 0 Å². The SMILES string of the molecule is CCCCc1ccc(Oc2cc(Br)nc(C)n2)cc1. The van der Waals surface area contributed by atoms with E-state index in [2.05, 4.69) is 45.0 Å². The van der Waals surface area contributed by atoms with Crippen molar-refractivity contribution in [2.75, 3.05) is 0 Å². The second-order valence-electron chi connectivity index (χ2n) is 4.43. The van der Waals surface area contributed by atoms with Gasteiger partial charge in [0.05, 0.1) is 0 Å². The van der Waals surface area contributed by atoms with Crippen molar-refractivity contribution in [3.8, 4) is 11.6 Å². The summed E-state index contributed by atoms with van der Waals surface area (Å²) < 4.78 is 6.45. The number of nitrogens with zero attached hydrogens (tertiary/aromatic N) is 2. The lowest BCUT2D eigenvalue weighted by molar-refractivity contribution is 0.459. The quantitative estimate of drug-likeness (QED) is 0.750. The Labute approximate surface area is 122 Å². The summed E-state index contributed by atoms with van der Waals surface area (Å²) in [5.41, 5.74) is 1.34. The van der Waals surface area contributed by atoms with E-state index in [0.717, 1.165) is 16.8 Å². The third-order valence-electron chi connectivity index (χ3n) is 2.75. The maximum absolute atomic E-state index is 5.72. The topological polar surface area (TPSA) is 35.0 Å². The minimum atomic E-state index is 0.556. The molecule has 2 rings (SSSR count). The molecule has 1 aromatic carbocycles. The molecule has 0 bridgehead atoms. The van der Waals surface area contributed by atoms with E-state index in [0.29, 0.717) is 11.7 Å². The lowest BCUT2D eigenvalue weighted by Crippen LogP contribution is -1.93. The predicted octanol–water partition coefficient (Wildman–Crippen LogP) is 4.68. The van der Waals surface area contributed by atoms with E-state index in [-0.39, 0.29) is 0 Å². The molecule has 0 amide bonds. The van der Waals surface area contributed by atoms with Gasteiger partial charge in [-0.1, -0.05) is 25.5 Å². The fraction of sp³-hybridized carbons (Fsp3) is 0.333. The van der Waals surface area contributed by atoms with Crippen molar-refractivity contribution in [3.05, 3.63) is 46.3 Å². The van der Waals surface area contributed by atoms with Gasteiger partial charge in [-0.25, -0.2) is 4.98 Å². The summed E-state index contributed by atoms with van der Waals surface area (Å²) in [6, 6.07) is 9.94. The van der Waals surface area contributed by atoms with Crippen LogP contribution in [0, 0.1) is 6.92 Å². The summed E-state index contributed by atoms with van der Waals surface area (Å²) in [6.45, 7) is 4.04. The van der Waals surface area contributed by atoms with Gasteiger partial charge in [-0.15, -0.1) is 0 Å². The van der Waals surface area contributed by atoms with Gasteiger partial charge in [0, 0.05) is 6.07 Å². The van der Waals surface area contributed by atoms with Crippen LogP contribution in [0.1, 0.15) is 31.2 Å². The summed E-state index contributed by atoms with van der Waals surface area (Å²) in [7, 11) is 0. The van der Waals surface area contributed by atoms with Crippen LogP contribution in [0.3, 0.4) is 0 Å². The van der Waals surface area contributed by atoms with Gasteiger partial charge in [0.15, 0.2) is 0 Å². The molecule has 4 heteroatoms. The number of ether oxygens (including phenoxy) is 1. The molecule has 0 radical (unpaired) electrons. The number of rotatable bonds is 5. The van der Waals surface area contributed by atoms with Gasteiger partial charge in [0.25, 0.3) is 0 Å². The molecule has 19 heavy (non-hydrogen) atoms. The zero-order chi connectivity index (χ0) is 13.7. The first-order valence-electron chi connectivity index (χ1n) is 6.45. The molecule has 0 spiro atoms. The maximum Gasteiger partial charge on any atom is 0.223 e. The second kappa shape index (κ2) is 6.66. The van der Waals surface area contributed by atoms with Crippen molar-refractivity contribution in [2.45, 2.75) is 33.1 Å². The van der Waals surface area contributed by atoms with Crippen molar-refractivity contribution >= 4 is 15.9 Å². The summed E-state index contributed by atoms with van der Waals surface area (Å²) in [4.78, 5) is 8.39. The molecule has 1 aromatic heterocycles. The minimum absolute atomic E-state index is 0.556. The van der Waals surface area contributed by atoms with E-state index in [1.807, 2.05) is 19.1 Å². The van der Waals surface area contributed by atoms with E-state index in [4.69, 9.17) is 4.74 Å². The lowest BCUT2D eigenvalue weighted by Gasteiger charge is -2.06. The Hall–Kier alpha value is -1.42. The Morgan fingerprint density at radius 2 is 1.89 bits per heavy atom. The number of aryl methyl sites for hydroxylation is 2. The highest BCUT2D eigenvalue weighted by Crippen LogP contribution is 2.22. The first kappa shape index (κ1) is 14.0.